The molecule has 2 heterocycles. The number of carbonyl (C=O) groups excluding carboxylic acids is 1. The first-order chi connectivity index (χ1) is 8.70. The van der Waals surface area contributed by atoms with Crippen molar-refractivity contribution in [3.63, 3.8) is 0 Å². The molecule has 1 amide bonds. The van der Waals surface area contributed by atoms with E-state index in [1.165, 1.54) is 4.57 Å². The lowest BCUT2D eigenvalue weighted by Crippen LogP contribution is -2.29. The van der Waals surface area contributed by atoms with Crippen LogP contribution in [0.25, 0.3) is 11.2 Å². The summed E-state index contributed by atoms with van der Waals surface area (Å²) in [6, 6.07) is 0. The SMILES string of the molecule is Cn1c(Cl)nc2nc(NC(=O)C(C)(C)C)[nH]c(=O)c21. The first-order valence-corrected chi connectivity index (χ1v) is 6.01. The largest absolute Gasteiger partial charge is 0.312 e. The molecule has 2 N–H and O–H groups in total. The van der Waals surface area contributed by atoms with Gasteiger partial charge in [0.15, 0.2) is 11.2 Å². The van der Waals surface area contributed by atoms with Gasteiger partial charge < -0.3 is 4.57 Å². The third-order valence-corrected chi connectivity index (χ3v) is 2.94. The number of nitrogens with zero attached hydrogens (tertiary/aromatic N) is 3. The molecule has 0 bridgehead atoms. The average molecular weight is 284 g/mol. The number of anilines is 1. The van der Waals surface area contributed by atoms with E-state index in [-0.39, 0.29) is 28.3 Å². The molecule has 0 unspecified atom stereocenters. The highest BCUT2D eigenvalue weighted by molar-refractivity contribution is 6.29. The Bertz CT molecular complexity index is 710. The minimum Gasteiger partial charge on any atom is -0.312 e. The van der Waals surface area contributed by atoms with E-state index in [9.17, 15) is 9.59 Å². The number of hydrogen-bond acceptors (Lipinski definition) is 4. The highest BCUT2D eigenvalue weighted by Crippen LogP contribution is 2.17. The highest BCUT2D eigenvalue weighted by atomic mass is 35.5. The van der Waals surface area contributed by atoms with Crippen LogP contribution in [0.4, 0.5) is 5.95 Å². The molecule has 0 aliphatic rings. The molecule has 0 saturated carbocycles. The molecular formula is C11H14ClN5O2. The van der Waals surface area contributed by atoms with Gasteiger partial charge in [0.05, 0.1) is 0 Å². The number of imidazole rings is 1. The number of amides is 1. The third-order valence-electron chi connectivity index (χ3n) is 2.60. The number of fused-ring (bicyclic) bond motifs is 1. The average Bonchev–Trinajstić information content (AvgIpc) is 2.53. The first kappa shape index (κ1) is 13.5. The molecule has 0 saturated heterocycles. The second kappa shape index (κ2) is 4.34. The van der Waals surface area contributed by atoms with Crippen molar-refractivity contribution in [3.05, 3.63) is 15.6 Å². The molecule has 0 aliphatic carbocycles. The van der Waals surface area contributed by atoms with E-state index in [0.717, 1.165) is 0 Å². The van der Waals surface area contributed by atoms with Crippen molar-refractivity contribution < 1.29 is 4.79 Å². The molecule has 8 heteroatoms. The number of aromatic nitrogens is 4. The van der Waals surface area contributed by atoms with E-state index < -0.39 is 11.0 Å². The van der Waals surface area contributed by atoms with Crippen LogP contribution in [-0.2, 0) is 11.8 Å². The number of carbonyl (C=O) groups is 1. The minimum absolute atomic E-state index is 0.0622. The quantitative estimate of drug-likeness (QED) is 0.772. The predicted molar refractivity (Wildman–Crippen MR) is 72.2 cm³/mol. The fourth-order valence-corrected chi connectivity index (χ4v) is 1.61. The molecule has 0 radical (unpaired) electrons. The summed E-state index contributed by atoms with van der Waals surface area (Å²) in [4.78, 5) is 34.2. The molecular weight excluding hydrogens is 270 g/mol. The number of nitrogens with one attached hydrogen (secondary N) is 2. The summed E-state index contributed by atoms with van der Waals surface area (Å²) in [6.07, 6.45) is 0. The normalized spacial score (nSPS) is 11.8. The van der Waals surface area contributed by atoms with E-state index in [1.807, 2.05) is 0 Å². The molecule has 0 aromatic carbocycles. The van der Waals surface area contributed by atoms with Crippen molar-refractivity contribution in [3.8, 4) is 0 Å². The van der Waals surface area contributed by atoms with Crippen LogP contribution in [0.3, 0.4) is 0 Å². The maximum Gasteiger partial charge on any atom is 0.278 e. The number of halogens is 1. The number of H-pyrrole nitrogens is 1. The van der Waals surface area contributed by atoms with Gasteiger partial charge in [0.25, 0.3) is 5.56 Å². The summed E-state index contributed by atoms with van der Waals surface area (Å²) in [5, 5.41) is 2.71. The summed E-state index contributed by atoms with van der Waals surface area (Å²) < 4.78 is 1.43. The van der Waals surface area contributed by atoms with Crippen LogP contribution in [-0.4, -0.2) is 25.4 Å². The van der Waals surface area contributed by atoms with Gasteiger partial charge >= 0.3 is 0 Å². The minimum atomic E-state index is -0.588. The molecule has 102 valence electrons. The van der Waals surface area contributed by atoms with Crippen molar-refractivity contribution in [2.24, 2.45) is 12.5 Å². The first-order valence-electron chi connectivity index (χ1n) is 5.64. The van der Waals surface area contributed by atoms with Gasteiger partial charge in [-0.1, -0.05) is 20.8 Å². The maximum absolute atomic E-state index is 11.9. The zero-order valence-electron chi connectivity index (χ0n) is 11.0. The standard InChI is InChI=1S/C11H14ClN5O2/c1-11(2,3)8(19)16-10-14-6-5(7(18)15-10)17(4)9(12)13-6/h1-4H3,(H2,14,15,16,18,19). The van der Waals surface area contributed by atoms with Gasteiger partial charge in [0, 0.05) is 12.5 Å². The Hall–Kier alpha value is -1.89. The fourth-order valence-electron chi connectivity index (χ4n) is 1.44. The molecule has 0 fully saturated rings. The van der Waals surface area contributed by atoms with Gasteiger partial charge in [-0.3, -0.25) is 19.9 Å². The van der Waals surface area contributed by atoms with Gasteiger partial charge in [-0.15, -0.1) is 0 Å². The van der Waals surface area contributed by atoms with Crippen molar-refractivity contribution in [1.82, 2.24) is 19.5 Å². The van der Waals surface area contributed by atoms with Crippen LogP contribution >= 0.6 is 11.6 Å². The van der Waals surface area contributed by atoms with E-state index in [0.29, 0.717) is 0 Å². The molecule has 2 rings (SSSR count). The highest BCUT2D eigenvalue weighted by Gasteiger charge is 2.22. The van der Waals surface area contributed by atoms with Crippen LogP contribution in [0.15, 0.2) is 4.79 Å². The van der Waals surface area contributed by atoms with Gasteiger partial charge in [0.2, 0.25) is 17.1 Å². The molecule has 0 aliphatic heterocycles. The molecule has 0 spiro atoms. The summed E-state index contributed by atoms with van der Waals surface area (Å²) in [6.45, 7) is 5.28. The monoisotopic (exact) mass is 283 g/mol. The summed E-state index contributed by atoms with van der Waals surface area (Å²) >= 11 is 5.83. The van der Waals surface area contributed by atoms with E-state index >= 15 is 0 Å². The number of aromatic amines is 1. The molecule has 2 aromatic heterocycles. The van der Waals surface area contributed by atoms with E-state index in [2.05, 4.69) is 20.3 Å². The van der Waals surface area contributed by atoms with Crippen LogP contribution in [0.1, 0.15) is 20.8 Å². The molecule has 19 heavy (non-hydrogen) atoms. The smallest absolute Gasteiger partial charge is 0.278 e. The van der Waals surface area contributed by atoms with Crippen LogP contribution in [0.5, 0.6) is 0 Å². The Labute approximate surface area is 114 Å². The van der Waals surface area contributed by atoms with Gasteiger partial charge in [-0.05, 0) is 11.6 Å². The van der Waals surface area contributed by atoms with Crippen molar-refractivity contribution >= 4 is 34.6 Å². The number of hydrogen-bond donors (Lipinski definition) is 2. The maximum atomic E-state index is 11.9. The van der Waals surface area contributed by atoms with Crippen LogP contribution in [0, 0.1) is 5.41 Å². The Kier molecular flexibility index (Phi) is 3.09. The molecule has 2 aromatic rings. The summed E-state index contributed by atoms with van der Waals surface area (Å²) in [5.41, 5.74) is -0.537. The lowest BCUT2D eigenvalue weighted by atomic mass is 9.96. The number of aryl methyl sites for hydroxylation is 1. The van der Waals surface area contributed by atoms with E-state index in [1.54, 1.807) is 27.8 Å². The summed E-state index contributed by atoms with van der Waals surface area (Å²) in [7, 11) is 1.61. The van der Waals surface area contributed by atoms with Crippen LogP contribution < -0.4 is 10.9 Å². The van der Waals surface area contributed by atoms with Gasteiger partial charge in [-0.2, -0.15) is 9.97 Å². The Morgan fingerprint density at radius 2 is 2.00 bits per heavy atom. The van der Waals surface area contributed by atoms with Crippen LogP contribution in [0.2, 0.25) is 5.28 Å². The Balaban J connectivity index is 2.48. The topological polar surface area (TPSA) is 92.7 Å². The zero-order valence-corrected chi connectivity index (χ0v) is 11.8. The fraction of sp³-hybridized carbons (Fsp3) is 0.455. The molecule has 7 nitrogen and oxygen atoms in total. The van der Waals surface area contributed by atoms with Gasteiger partial charge in [0.1, 0.15) is 0 Å². The summed E-state index contributed by atoms with van der Waals surface area (Å²) in [5.74, 6) is -0.191. The number of rotatable bonds is 1. The predicted octanol–water partition coefficient (Wildman–Crippen LogP) is 1.29. The van der Waals surface area contributed by atoms with Crippen molar-refractivity contribution in [1.29, 1.82) is 0 Å². The zero-order chi connectivity index (χ0) is 14.4. The third kappa shape index (κ3) is 2.46. The van der Waals surface area contributed by atoms with Crippen molar-refractivity contribution in [2.75, 3.05) is 5.32 Å². The van der Waals surface area contributed by atoms with E-state index in [4.69, 9.17) is 11.6 Å². The second-order valence-electron chi connectivity index (χ2n) is 5.23. The lowest BCUT2D eigenvalue weighted by molar-refractivity contribution is -0.123. The van der Waals surface area contributed by atoms with Gasteiger partial charge in [-0.25, -0.2) is 0 Å². The Morgan fingerprint density at radius 3 is 2.58 bits per heavy atom. The second-order valence-corrected chi connectivity index (χ2v) is 5.57. The van der Waals surface area contributed by atoms with Crippen molar-refractivity contribution in [2.45, 2.75) is 20.8 Å². The lowest BCUT2D eigenvalue weighted by Gasteiger charge is -2.16. The molecule has 0 atom stereocenters. The Morgan fingerprint density at radius 1 is 1.37 bits per heavy atom.